The van der Waals surface area contributed by atoms with Crippen molar-refractivity contribution in [3.63, 3.8) is 0 Å². The normalized spacial score (nSPS) is 10.6. The molecule has 3 aromatic rings. The molecule has 1 aromatic heterocycles. The first kappa shape index (κ1) is 14.9. The van der Waals surface area contributed by atoms with Crippen LogP contribution in [0.25, 0.3) is 10.2 Å². The number of nitrogens with zero attached hydrogens (tertiary/aromatic N) is 2. The van der Waals surface area contributed by atoms with Crippen molar-refractivity contribution >= 4 is 44.0 Å². The lowest BCUT2D eigenvalue weighted by Crippen LogP contribution is -1.99. The summed E-state index contributed by atoms with van der Waals surface area (Å²) in [5.41, 5.74) is 2.20. The summed E-state index contributed by atoms with van der Waals surface area (Å²) in [4.78, 5) is 25.4. The number of carbonyl (C=O) groups is 1. The molecule has 3 rings (SSSR count). The van der Waals surface area contributed by atoms with Gasteiger partial charge in [0.25, 0.3) is 5.69 Å². The van der Waals surface area contributed by atoms with Gasteiger partial charge in [0.2, 0.25) is 0 Å². The molecular weight excluding hydrogens is 318 g/mol. The van der Waals surface area contributed by atoms with E-state index in [2.05, 4.69) is 10.3 Å². The molecule has 2 aromatic carbocycles. The van der Waals surface area contributed by atoms with E-state index in [0.717, 1.165) is 10.4 Å². The van der Waals surface area contributed by atoms with E-state index < -0.39 is 10.9 Å². The van der Waals surface area contributed by atoms with E-state index >= 15 is 0 Å². The Kier molecular flexibility index (Phi) is 3.90. The summed E-state index contributed by atoms with van der Waals surface area (Å²) in [6.07, 6.45) is -0.0227. The molecule has 116 valence electrons. The third-order valence-corrected chi connectivity index (χ3v) is 4.08. The highest BCUT2D eigenvalue weighted by molar-refractivity contribution is 7.22. The monoisotopic (exact) mass is 329 g/mol. The number of aliphatic carboxylic acids is 1. The lowest BCUT2D eigenvalue weighted by molar-refractivity contribution is -0.384. The van der Waals surface area contributed by atoms with Crippen LogP contribution in [-0.2, 0) is 11.2 Å². The predicted octanol–water partition coefficient (Wildman–Crippen LogP) is 3.58. The van der Waals surface area contributed by atoms with Crippen LogP contribution in [0.1, 0.15) is 5.56 Å². The predicted molar refractivity (Wildman–Crippen MR) is 87.3 cm³/mol. The van der Waals surface area contributed by atoms with Gasteiger partial charge in [-0.3, -0.25) is 14.9 Å². The molecule has 0 saturated heterocycles. The number of carboxylic acids is 1. The largest absolute Gasteiger partial charge is 0.481 e. The second-order valence-corrected chi connectivity index (χ2v) is 5.85. The molecule has 8 heteroatoms. The number of anilines is 2. The van der Waals surface area contributed by atoms with Crippen LogP contribution in [-0.4, -0.2) is 21.0 Å². The number of thiazole rings is 1. The van der Waals surface area contributed by atoms with Crippen molar-refractivity contribution in [2.24, 2.45) is 0 Å². The molecule has 0 aliphatic heterocycles. The molecule has 0 saturated carbocycles. The fourth-order valence-corrected chi connectivity index (χ4v) is 3.00. The standard InChI is InChI=1S/C15H11N3O4S/c19-14(20)7-9-1-3-10(4-2-9)16-15-17-12-6-5-11(18(21)22)8-13(12)23-15/h1-6,8H,7H2,(H,16,17)(H,19,20). The maximum absolute atomic E-state index is 10.8. The SMILES string of the molecule is O=C(O)Cc1ccc(Nc2nc3ccc([N+](=O)[O-])cc3s2)cc1. The van der Waals surface area contributed by atoms with Crippen LogP contribution < -0.4 is 5.32 Å². The topological polar surface area (TPSA) is 105 Å². The van der Waals surface area contributed by atoms with E-state index in [1.54, 1.807) is 30.3 Å². The number of hydrogen-bond donors (Lipinski definition) is 2. The summed E-state index contributed by atoms with van der Waals surface area (Å²) < 4.78 is 0.726. The highest BCUT2D eigenvalue weighted by atomic mass is 32.1. The van der Waals surface area contributed by atoms with Gasteiger partial charge in [-0.2, -0.15) is 0 Å². The quantitative estimate of drug-likeness (QED) is 0.547. The zero-order valence-corrected chi connectivity index (χ0v) is 12.5. The van der Waals surface area contributed by atoms with Crippen molar-refractivity contribution in [1.82, 2.24) is 4.98 Å². The van der Waals surface area contributed by atoms with Gasteiger partial charge in [0.15, 0.2) is 5.13 Å². The van der Waals surface area contributed by atoms with E-state index in [1.807, 2.05) is 0 Å². The number of nitro benzene ring substituents is 1. The Morgan fingerprint density at radius 2 is 2.00 bits per heavy atom. The summed E-state index contributed by atoms with van der Waals surface area (Å²) in [5.74, 6) is -0.876. The van der Waals surface area contributed by atoms with Gasteiger partial charge in [0.05, 0.1) is 21.6 Å². The average Bonchev–Trinajstić information content (AvgIpc) is 2.90. The first-order valence-electron chi connectivity index (χ1n) is 6.64. The van der Waals surface area contributed by atoms with Crippen molar-refractivity contribution < 1.29 is 14.8 Å². The van der Waals surface area contributed by atoms with Crippen LogP contribution in [0.4, 0.5) is 16.5 Å². The summed E-state index contributed by atoms with van der Waals surface area (Å²) in [6, 6.07) is 11.5. The van der Waals surface area contributed by atoms with Crippen molar-refractivity contribution in [3.05, 3.63) is 58.1 Å². The summed E-state index contributed by atoms with van der Waals surface area (Å²) in [6.45, 7) is 0. The Labute approximate surface area is 134 Å². The molecule has 0 fully saturated rings. The number of aromatic nitrogens is 1. The number of fused-ring (bicyclic) bond motifs is 1. The van der Waals surface area contributed by atoms with Crippen LogP contribution in [0.15, 0.2) is 42.5 Å². The first-order valence-corrected chi connectivity index (χ1v) is 7.45. The molecule has 0 aliphatic rings. The Bertz CT molecular complexity index is 889. The van der Waals surface area contributed by atoms with E-state index in [4.69, 9.17) is 5.11 Å². The third-order valence-electron chi connectivity index (χ3n) is 3.14. The molecule has 7 nitrogen and oxygen atoms in total. The molecule has 0 spiro atoms. The van der Waals surface area contributed by atoms with E-state index in [1.165, 1.54) is 23.5 Å². The minimum Gasteiger partial charge on any atom is -0.481 e. The average molecular weight is 329 g/mol. The second-order valence-electron chi connectivity index (χ2n) is 4.82. The molecule has 23 heavy (non-hydrogen) atoms. The maximum Gasteiger partial charge on any atom is 0.307 e. The molecule has 0 unspecified atom stereocenters. The lowest BCUT2D eigenvalue weighted by Gasteiger charge is -2.03. The van der Waals surface area contributed by atoms with Crippen LogP contribution in [0.5, 0.6) is 0 Å². The molecule has 2 N–H and O–H groups in total. The minimum absolute atomic E-state index is 0.0227. The molecular formula is C15H11N3O4S. The fourth-order valence-electron chi connectivity index (χ4n) is 2.08. The minimum atomic E-state index is -0.876. The van der Waals surface area contributed by atoms with Gasteiger partial charge in [-0.1, -0.05) is 23.5 Å². The highest BCUT2D eigenvalue weighted by Gasteiger charge is 2.10. The van der Waals surface area contributed by atoms with Crippen LogP contribution in [0.2, 0.25) is 0 Å². The zero-order valence-electron chi connectivity index (χ0n) is 11.7. The van der Waals surface area contributed by atoms with Crippen molar-refractivity contribution in [2.45, 2.75) is 6.42 Å². The Morgan fingerprint density at radius 3 is 2.65 bits per heavy atom. The number of carboxylic acid groups (broad SMARTS) is 1. The van der Waals surface area contributed by atoms with E-state index in [-0.39, 0.29) is 12.1 Å². The van der Waals surface area contributed by atoms with Gasteiger partial charge in [-0.05, 0) is 23.8 Å². The Hall–Kier alpha value is -3.00. The van der Waals surface area contributed by atoms with Crippen molar-refractivity contribution in [3.8, 4) is 0 Å². The van der Waals surface area contributed by atoms with Gasteiger partial charge in [0, 0.05) is 17.8 Å². The van der Waals surface area contributed by atoms with E-state index in [0.29, 0.717) is 16.2 Å². The number of benzene rings is 2. The summed E-state index contributed by atoms with van der Waals surface area (Å²) in [7, 11) is 0. The molecule has 0 radical (unpaired) electrons. The number of non-ortho nitro benzene ring substituents is 1. The van der Waals surface area contributed by atoms with Gasteiger partial charge in [-0.25, -0.2) is 4.98 Å². The van der Waals surface area contributed by atoms with Gasteiger partial charge >= 0.3 is 5.97 Å². The fraction of sp³-hybridized carbons (Fsp3) is 0.0667. The Balaban J connectivity index is 1.81. The number of rotatable bonds is 5. The van der Waals surface area contributed by atoms with Crippen molar-refractivity contribution in [1.29, 1.82) is 0 Å². The molecule has 0 bridgehead atoms. The van der Waals surface area contributed by atoms with Crippen LogP contribution in [0.3, 0.4) is 0 Å². The first-order chi connectivity index (χ1) is 11.0. The van der Waals surface area contributed by atoms with Crippen LogP contribution in [0, 0.1) is 10.1 Å². The second kappa shape index (κ2) is 6.01. The molecule has 0 amide bonds. The smallest absolute Gasteiger partial charge is 0.307 e. The molecule has 0 atom stereocenters. The highest BCUT2D eigenvalue weighted by Crippen LogP contribution is 2.30. The van der Waals surface area contributed by atoms with Crippen LogP contribution >= 0.6 is 11.3 Å². The Morgan fingerprint density at radius 1 is 1.26 bits per heavy atom. The zero-order chi connectivity index (χ0) is 16.4. The third kappa shape index (κ3) is 3.43. The summed E-state index contributed by atoms with van der Waals surface area (Å²) >= 11 is 1.32. The lowest BCUT2D eigenvalue weighted by atomic mass is 10.1. The number of nitrogens with one attached hydrogen (secondary N) is 1. The van der Waals surface area contributed by atoms with E-state index in [9.17, 15) is 14.9 Å². The summed E-state index contributed by atoms with van der Waals surface area (Å²) in [5, 5.41) is 23.3. The van der Waals surface area contributed by atoms with Gasteiger partial charge < -0.3 is 10.4 Å². The maximum atomic E-state index is 10.8. The number of nitro groups is 1. The van der Waals surface area contributed by atoms with Gasteiger partial charge in [-0.15, -0.1) is 0 Å². The number of hydrogen-bond acceptors (Lipinski definition) is 6. The van der Waals surface area contributed by atoms with Gasteiger partial charge in [0.1, 0.15) is 0 Å². The molecule has 0 aliphatic carbocycles. The molecule has 1 heterocycles. The van der Waals surface area contributed by atoms with Crippen molar-refractivity contribution in [2.75, 3.05) is 5.32 Å².